The van der Waals surface area contributed by atoms with E-state index in [1.165, 1.54) is 0 Å². The SMILES string of the molecule is COCCN1CCCC2(CCN(Cc3cnc(C)[nH]3)CC2)C1=O.O=C(O)C(F)(F)F. The zero-order chi connectivity index (χ0) is 22.4. The number of aryl methyl sites for hydroxylation is 1. The Morgan fingerprint density at radius 1 is 1.30 bits per heavy atom. The van der Waals surface area contributed by atoms with E-state index in [4.69, 9.17) is 14.6 Å². The van der Waals surface area contributed by atoms with Crippen molar-refractivity contribution in [2.75, 3.05) is 39.9 Å². The fourth-order valence-electron chi connectivity index (χ4n) is 3.96. The van der Waals surface area contributed by atoms with E-state index in [9.17, 15) is 18.0 Å². The molecular formula is C19H29F3N4O4. The Bertz CT molecular complexity index is 715. The molecule has 2 fully saturated rings. The molecule has 11 heteroatoms. The molecule has 0 saturated carbocycles. The summed E-state index contributed by atoms with van der Waals surface area (Å²) in [6, 6.07) is 0. The Balaban J connectivity index is 0.000000396. The van der Waals surface area contributed by atoms with Gasteiger partial charge in [-0.3, -0.25) is 9.69 Å². The molecule has 2 N–H and O–H groups in total. The number of halogens is 3. The van der Waals surface area contributed by atoms with Crippen LogP contribution in [0.4, 0.5) is 13.2 Å². The summed E-state index contributed by atoms with van der Waals surface area (Å²) < 4.78 is 36.9. The van der Waals surface area contributed by atoms with Crippen molar-refractivity contribution in [1.29, 1.82) is 0 Å². The number of likely N-dealkylation sites (tertiary alicyclic amines) is 2. The average Bonchev–Trinajstić information content (AvgIpc) is 3.09. The molecular weight excluding hydrogens is 405 g/mol. The molecule has 2 aliphatic rings. The third-order valence-corrected chi connectivity index (χ3v) is 5.59. The zero-order valence-corrected chi connectivity index (χ0v) is 17.3. The number of aliphatic carboxylic acids is 1. The summed E-state index contributed by atoms with van der Waals surface area (Å²) in [6.45, 7) is 7.11. The van der Waals surface area contributed by atoms with Gasteiger partial charge in [0.2, 0.25) is 5.91 Å². The summed E-state index contributed by atoms with van der Waals surface area (Å²) >= 11 is 0. The van der Waals surface area contributed by atoms with Gasteiger partial charge in [0, 0.05) is 38.6 Å². The first-order chi connectivity index (χ1) is 14.1. The molecule has 0 atom stereocenters. The number of aromatic nitrogens is 2. The fourth-order valence-corrected chi connectivity index (χ4v) is 3.96. The second kappa shape index (κ2) is 10.3. The topological polar surface area (TPSA) is 98.8 Å². The van der Waals surface area contributed by atoms with Gasteiger partial charge in [-0.25, -0.2) is 9.78 Å². The number of rotatable bonds is 5. The Kier molecular flexibility index (Phi) is 8.25. The van der Waals surface area contributed by atoms with Crippen LogP contribution in [0.25, 0.3) is 0 Å². The summed E-state index contributed by atoms with van der Waals surface area (Å²) in [6.07, 6.45) is 0.949. The number of aromatic amines is 1. The van der Waals surface area contributed by atoms with Gasteiger partial charge in [-0.2, -0.15) is 13.2 Å². The number of carbonyl (C=O) groups is 2. The van der Waals surface area contributed by atoms with Crippen molar-refractivity contribution in [1.82, 2.24) is 19.8 Å². The van der Waals surface area contributed by atoms with Gasteiger partial charge in [0.05, 0.1) is 12.0 Å². The van der Waals surface area contributed by atoms with E-state index in [0.29, 0.717) is 12.5 Å². The first kappa shape index (κ1) is 24.1. The number of carboxylic acids is 1. The van der Waals surface area contributed by atoms with Crippen LogP contribution in [0, 0.1) is 12.3 Å². The molecule has 0 unspecified atom stereocenters. The molecule has 0 bridgehead atoms. The predicted octanol–water partition coefficient (Wildman–Crippen LogP) is 2.20. The third kappa shape index (κ3) is 6.43. The molecule has 0 radical (unpaired) electrons. The van der Waals surface area contributed by atoms with Crippen molar-refractivity contribution in [2.24, 2.45) is 5.41 Å². The zero-order valence-electron chi connectivity index (χ0n) is 17.3. The maximum atomic E-state index is 12.9. The standard InChI is InChI=1S/C17H28N4O2.C2HF3O2/c1-14-18-12-15(19-14)13-20-8-5-17(6-9-20)4-3-7-21(16(17)22)10-11-23-2;3-2(4,5)1(6)7/h12H,3-11,13H2,1-2H3,(H,18,19);(H,6,7). The van der Waals surface area contributed by atoms with Crippen molar-refractivity contribution >= 4 is 11.9 Å². The first-order valence-corrected chi connectivity index (χ1v) is 9.89. The predicted molar refractivity (Wildman–Crippen MR) is 102 cm³/mol. The normalized spacial score (nSPS) is 19.5. The molecule has 0 aromatic carbocycles. The van der Waals surface area contributed by atoms with Gasteiger partial charge in [-0.1, -0.05) is 0 Å². The molecule has 3 rings (SSSR count). The summed E-state index contributed by atoms with van der Waals surface area (Å²) in [5, 5.41) is 7.12. The lowest BCUT2D eigenvalue weighted by Crippen LogP contribution is -2.54. The van der Waals surface area contributed by atoms with E-state index in [-0.39, 0.29) is 5.41 Å². The number of hydrogen-bond acceptors (Lipinski definition) is 5. The van der Waals surface area contributed by atoms with E-state index in [1.54, 1.807) is 7.11 Å². The van der Waals surface area contributed by atoms with E-state index in [0.717, 1.165) is 69.9 Å². The van der Waals surface area contributed by atoms with Gasteiger partial charge in [0.1, 0.15) is 5.82 Å². The lowest BCUT2D eigenvalue weighted by molar-refractivity contribution is -0.192. The van der Waals surface area contributed by atoms with E-state index in [1.807, 2.05) is 18.0 Å². The van der Waals surface area contributed by atoms with Crippen molar-refractivity contribution in [3.63, 3.8) is 0 Å². The molecule has 8 nitrogen and oxygen atoms in total. The quantitative estimate of drug-likeness (QED) is 0.737. The number of H-pyrrole nitrogens is 1. The van der Waals surface area contributed by atoms with Crippen molar-refractivity contribution in [2.45, 2.75) is 45.3 Å². The fraction of sp³-hybridized carbons (Fsp3) is 0.737. The number of hydrogen-bond donors (Lipinski definition) is 2. The lowest BCUT2D eigenvalue weighted by atomic mass is 9.71. The molecule has 0 aliphatic carbocycles. The smallest absolute Gasteiger partial charge is 0.475 e. The maximum Gasteiger partial charge on any atom is 0.490 e. The second-order valence-electron chi connectivity index (χ2n) is 7.74. The van der Waals surface area contributed by atoms with E-state index in [2.05, 4.69) is 14.9 Å². The maximum absolute atomic E-state index is 12.9. The summed E-state index contributed by atoms with van der Waals surface area (Å²) in [5.41, 5.74) is 1.04. The first-order valence-electron chi connectivity index (χ1n) is 9.89. The van der Waals surface area contributed by atoms with Crippen LogP contribution in [-0.4, -0.2) is 82.8 Å². The average molecular weight is 434 g/mol. The molecule has 2 saturated heterocycles. The minimum absolute atomic E-state index is 0.119. The number of amides is 1. The van der Waals surface area contributed by atoms with E-state index < -0.39 is 12.1 Å². The number of piperidine rings is 2. The minimum atomic E-state index is -5.08. The monoisotopic (exact) mass is 434 g/mol. The van der Waals surface area contributed by atoms with Gasteiger partial charge < -0.3 is 19.7 Å². The Morgan fingerprint density at radius 3 is 2.43 bits per heavy atom. The molecule has 1 aromatic heterocycles. The Hall–Kier alpha value is -2.14. The number of nitrogens with one attached hydrogen (secondary N) is 1. The summed E-state index contributed by atoms with van der Waals surface area (Å²) in [5.74, 6) is -1.44. The van der Waals surface area contributed by atoms with Crippen LogP contribution in [0.5, 0.6) is 0 Å². The molecule has 2 aliphatic heterocycles. The van der Waals surface area contributed by atoms with Gasteiger partial charge >= 0.3 is 12.1 Å². The van der Waals surface area contributed by atoms with Crippen LogP contribution in [0.2, 0.25) is 0 Å². The van der Waals surface area contributed by atoms with Crippen LogP contribution in [0.1, 0.15) is 37.2 Å². The number of carboxylic acid groups (broad SMARTS) is 1. The largest absolute Gasteiger partial charge is 0.490 e. The minimum Gasteiger partial charge on any atom is -0.475 e. The van der Waals surface area contributed by atoms with Crippen LogP contribution < -0.4 is 0 Å². The van der Waals surface area contributed by atoms with Crippen molar-refractivity contribution < 1.29 is 32.6 Å². The molecule has 1 amide bonds. The number of imidazole rings is 1. The number of methoxy groups -OCH3 is 1. The number of nitrogens with zero attached hydrogens (tertiary/aromatic N) is 3. The Morgan fingerprint density at radius 2 is 1.93 bits per heavy atom. The van der Waals surface area contributed by atoms with Crippen molar-refractivity contribution in [3.05, 3.63) is 17.7 Å². The highest BCUT2D eigenvalue weighted by molar-refractivity contribution is 5.83. The number of ether oxygens (including phenoxy) is 1. The van der Waals surface area contributed by atoms with Gasteiger partial charge in [-0.15, -0.1) is 0 Å². The second-order valence-corrected chi connectivity index (χ2v) is 7.74. The van der Waals surface area contributed by atoms with Gasteiger partial charge in [0.25, 0.3) is 0 Å². The highest BCUT2D eigenvalue weighted by atomic mass is 19.4. The summed E-state index contributed by atoms with van der Waals surface area (Å²) in [4.78, 5) is 33.8. The molecule has 30 heavy (non-hydrogen) atoms. The van der Waals surface area contributed by atoms with E-state index >= 15 is 0 Å². The Labute approximate surface area is 173 Å². The van der Waals surface area contributed by atoms with Gasteiger partial charge in [0.15, 0.2) is 0 Å². The molecule has 170 valence electrons. The molecule has 1 aromatic rings. The van der Waals surface area contributed by atoms with Crippen LogP contribution >= 0.6 is 0 Å². The highest BCUT2D eigenvalue weighted by Crippen LogP contribution is 2.41. The summed E-state index contributed by atoms with van der Waals surface area (Å²) in [7, 11) is 1.69. The van der Waals surface area contributed by atoms with Crippen LogP contribution in [0.15, 0.2) is 6.20 Å². The number of alkyl halides is 3. The van der Waals surface area contributed by atoms with Crippen LogP contribution in [-0.2, 0) is 20.9 Å². The third-order valence-electron chi connectivity index (χ3n) is 5.59. The van der Waals surface area contributed by atoms with Gasteiger partial charge in [-0.05, 0) is 45.7 Å². The lowest BCUT2D eigenvalue weighted by Gasteiger charge is -2.46. The molecule has 3 heterocycles. The highest BCUT2D eigenvalue weighted by Gasteiger charge is 2.45. The molecule has 1 spiro atoms. The number of carbonyl (C=O) groups excluding carboxylic acids is 1. The van der Waals surface area contributed by atoms with Crippen molar-refractivity contribution in [3.8, 4) is 0 Å². The van der Waals surface area contributed by atoms with Crippen LogP contribution in [0.3, 0.4) is 0 Å².